The molecule has 2 rings (SSSR count). The number of ether oxygens (including phenoxy) is 3. The van der Waals surface area contributed by atoms with Gasteiger partial charge in [0.1, 0.15) is 5.75 Å². The van der Waals surface area contributed by atoms with Gasteiger partial charge in [-0.05, 0) is 37.1 Å². The topological polar surface area (TPSA) is 56.8 Å². The van der Waals surface area contributed by atoms with Crippen LogP contribution < -0.4 is 19.5 Å². The van der Waals surface area contributed by atoms with Crippen LogP contribution in [0, 0.1) is 6.92 Å². The highest BCUT2D eigenvalue weighted by Crippen LogP contribution is 2.31. The molecule has 0 saturated heterocycles. The van der Waals surface area contributed by atoms with Crippen LogP contribution >= 0.6 is 0 Å². The maximum Gasteiger partial charge on any atom is 0.244 e. The summed E-state index contributed by atoms with van der Waals surface area (Å²) in [6.45, 7) is 2.56. The molecule has 1 amide bonds. The summed E-state index contributed by atoms with van der Waals surface area (Å²) in [4.78, 5) is 12.1. The number of benzene rings is 2. The Morgan fingerprint density at radius 3 is 2.50 bits per heavy atom. The smallest absolute Gasteiger partial charge is 0.244 e. The Kier molecular flexibility index (Phi) is 7.09. The molecule has 0 aliphatic carbocycles. The van der Waals surface area contributed by atoms with E-state index in [1.807, 2.05) is 37.3 Å². The number of hydrogen-bond acceptors (Lipinski definition) is 4. The molecule has 138 valence electrons. The summed E-state index contributed by atoms with van der Waals surface area (Å²) < 4.78 is 16.0. The average molecular weight is 355 g/mol. The molecule has 0 aliphatic heterocycles. The summed E-state index contributed by atoms with van der Waals surface area (Å²) in [7, 11) is 4.80. The maximum atomic E-state index is 12.1. The number of nitrogens with one attached hydrogen (secondary N) is 1. The number of carbonyl (C=O) groups excluding carboxylic acids is 1. The van der Waals surface area contributed by atoms with E-state index in [1.165, 1.54) is 6.08 Å². The zero-order valence-electron chi connectivity index (χ0n) is 15.7. The molecule has 0 unspecified atom stereocenters. The van der Waals surface area contributed by atoms with Gasteiger partial charge in [-0.15, -0.1) is 0 Å². The predicted molar refractivity (Wildman–Crippen MR) is 103 cm³/mol. The van der Waals surface area contributed by atoms with Crippen LogP contribution in [0.1, 0.15) is 16.7 Å². The Hall–Kier alpha value is -2.95. The number of methoxy groups -OCH3 is 3. The molecule has 0 saturated carbocycles. The lowest BCUT2D eigenvalue weighted by Crippen LogP contribution is -2.23. The largest absolute Gasteiger partial charge is 0.496 e. The zero-order chi connectivity index (χ0) is 18.9. The van der Waals surface area contributed by atoms with E-state index in [0.29, 0.717) is 24.5 Å². The number of carbonyl (C=O) groups is 1. The zero-order valence-corrected chi connectivity index (χ0v) is 15.7. The molecule has 0 aliphatic rings. The van der Waals surface area contributed by atoms with Crippen molar-refractivity contribution in [3.63, 3.8) is 0 Å². The number of para-hydroxylation sites is 1. The van der Waals surface area contributed by atoms with Gasteiger partial charge >= 0.3 is 0 Å². The summed E-state index contributed by atoms with van der Waals surface area (Å²) in [6, 6.07) is 11.5. The van der Waals surface area contributed by atoms with Gasteiger partial charge in [-0.2, -0.15) is 0 Å². The van der Waals surface area contributed by atoms with Gasteiger partial charge < -0.3 is 19.5 Å². The van der Waals surface area contributed by atoms with E-state index in [-0.39, 0.29) is 5.91 Å². The van der Waals surface area contributed by atoms with Crippen molar-refractivity contribution >= 4 is 12.0 Å². The SMILES string of the molecule is COc1ccc(C)cc1CCNC(=O)/C=C/c1cccc(OC)c1OC. The van der Waals surface area contributed by atoms with Gasteiger partial charge in [-0.25, -0.2) is 0 Å². The van der Waals surface area contributed by atoms with E-state index in [0.717, 1.165) is 22.4 Å². The van der Waals surface area contributed by atoms with Crippen molar-refractivity contribution in [3.05, 3.63) is 59.2 Å². The van der Waals surface area contributed by atoms with Crippen molar-refractivity contribution in [1.82, 2.24) is 5.32 Å². The van der Waals surface area contributed by atoms with Gasteiger partial charge in [0.15, 0.2) is 11.5 Å². The van der Waals surface area contributed by atoms with Gasteiger partial charge in [0, 0.05) is 18.2 Å². The van der Waals surface area contributed by atoms with Gasteiger partial charge in [-0.3, -0.25) is 4.79 Å². The van der Waals surface area contributed by atoms with E-state index in [4.69, 9.17) is 14.2 Å². The van der Waals surface area contributed by atoms with E-state index in [1.54, 1.807) is 27.4 Å². The molecule has 2 aromatic carbocycles. The lowest BCUT2D eigenvalue weighted by Gasteiger charge is -2.10. The van der Waals surface area contributed by atoms with Crippen molar-refractivity contribution in [3.8, 4) is 17.2 Å². The van der Waals surface area contributed by atoms with E-state index >= 15 is 0 Å². The Labute approximate surface area is 154 Å². The van der Waals surface area contributed by atoms with Crippen molar-refractivity contribution in [2.45, 2.75) is 13.3 Å². The summed E-state index contributed by atoms with van der Waals surface area (Å²) >= 11 is 0. The maximum absolute atomic E-state index is 12.1. The minimum absolute atomic E-state index is 0.165. The Bertz CT molecular complexity index is 784. The third kappa shape index (κ3) is 5.02. The van der Waals surface area contributed by atoms with E-state index in [2.05, 4.69) is 11.4 Å². The van der Waals surface area contributed by atoms with Gasteiger partial charge in [0.05, 0.1) is 21.3 Å². The molecule has 0 heterocycles. The number of amides is 1. The highest BCUT2D eigenvalue weighted by atomic mass is 16.5. The molecule has 0 fully saturated rings. The first-order valence-corrected chi connectivity index (χ1v) is 8.39. The summed E-state index contributed by atoms with van der Waals surface area (Å²) in [5.74, 6) is 1.90. The summed E-state index contributed by atoms with van der Waals surface area (Å²) in [6.07, 6.45) is 3.90. The third-order valence-electron chi connectivity index (χ3n) is 3.98. The Morgan fingerprint density at radius 1 is 1.04 bits per heavy atom. The minimum Gasteiger partial charge on any atom is -0.496 e. The minimum atomic E-state index is -0.165. The van der Waals surface area contributed by atoms with Crippen LogP contribution in [0.5, 0.6) is 17.2 Å². The molecule has 26 heavy (non-hydrogen) atoms. The first-order chi connectivity index (χ1) is 12.6. The fraction of sp³-hybridized carbons (Fsp3) is 0.286. The fourth-order valence-corrected chi connectivity index (χ4v) is 2.69. The van der Waals surface area contributed by atoms with E-state index < -0.39 is 0 Å². The van der Waals surface area contributed by atoms with Crippen LogP contribution in [0.4, 0.5) is 0 Å². The lowest BCUT2D eigenvalue weighted by atomic mass is 10.1. The van der Waals surface area contributed by atoms with Crippen LogP contribution in [0.3, 0.4) is 0 Å². The second kappa shape index (κ2) is 9.51. The van der Waals surface area contributed by atoms with Gasteiger partial charge in [0.2, 0.25) is 5.91 Å². The Balaban J connectivity index is 1.96. The molecule has 5 nitrogen and oxygen atoms in total. The Morgan fingerprint density at radius 2 is 1.81 bits per heavy atom. The second-order valence-corrected chi connectivity index (χ2v) is 5.77. The standard InChI is InChI=1S/C21H25NO4/c1-15-8-10-18(24-2)17(14-15)12-13-22-20(23)11-9-16-6-5-7-19(25-3)21(16)26-4/h5-11,14H,12-13H2,1-4H3,(H,22,23)/b11-9+. The number of hydrogen-bond donors (Lipinski definition) is 1. The van der Waals surface area contributed by atoms with Gasteiger partial charge in [-0.1, -0.05) is 29.8 Å². The van der Waals surface area contributed by atoms with Gasteiger partial charge in [0.25, 0.3) is 0 Å². The first kappa shape index (κ1) is 19.4. The molecule has 5 heteroatoms. The highest BCUT2D eigenvalue weighted by molar-refractivity contribution is 5.92. The molecule has 0 radical (unpaired) electrons. The van der Waals surface area contributed by atoms with E-state index in [9.17, 15) is 4.79 Å². The van der Waals surface area contributed by atoms with Crippen LogP contribution in [-0.2, 0) is 11.2 Å². The first-order valence-electron chi connectivity index (χ1n) is 8.39. The third-order valence-corrected chi connectivity index (χ3v) is 3.98. The normalized spacial score (nSPS) is 10.6. The van der Waals surface area contributed by atoms with Crippen LogP contribution in [-0.4, -0.2) is 33.8 Å². The number of aryl methyl sites for hydroxylation is 1. The predicted octanol–water partition coefficient (Wildman–Crippen LogP) is 3.39. The fourth-order valence-electron chi connectivity index (χ4n) is 2.69. The molecule has 0 bridgehead atoms. The van der Waals surface area contributed by atoms with Crippen LogP contribution in [0.25, 0.3) is 6.08 Å². The lowest BCUT2D eigenvalue weighted by molar-refractivity contribution is -0.116. The van der Waals surface area contributed by atoms with Crippen LogP contribution in [0.2, 0.25) is 0 Å². The number of rotatable bonds is 8. The molecule has 2 aromatic rings. The highest BCUT2D eigenvalue weighted by Gasteiger charge is 2.07. The van der Waals surface area contributed by atoms with Crippen LogP contribution in [0.15, 0.2) is 42.5 Å². The molecular formula is C21H25NO4. The summed E-state index contributed by atoms with van der Waals surface area (Å²) in [5, 5.41) is 2.88. The molecular weight excluding hydrogens is 330 g/mol. The monoisotopic (exact) mass is 355 g/mol. The second-order valence-electron chi connectivity index (χ2n) is 5.77. The van der Waals surface area contributed by atoms with Crippen molar-refractivity contribution in [2.24, 2.45) is 0 Å². The molecule has 0 spiro atoms. The molecule has 0 atom stereocenters. The van der Waals surface area contributed by atoms with Crippen molar-refractivity contribution < 1.29 is 19.0 Å². The average Bonchev–Trinajstić information content (AvgIpc) is 2.66. The van der Waals surface area contributed by atoms with Crippen molar-refractivity contribution in [2.75, 3.05) is 27.9 Å². The van der Waals surface area contributed by atoms with Crippen molar-refractivity contribution in [1.29, 1.82) is 0 Å². The molecule has 0 aromatic heterocycles. The quantitative estimate of drug-likeness (QED) is 0.738. The summed E-state index contributed by atoms with van der Waals surface area (Å²) in [5.41, 5.74) is 3.02. The molecule has 1 N–H and O–H groups in total.